The van der Waals surface area contributed by atoms with Gasteiger partial charge in [-0.2, -0.15) is 0 Å². The molecule has 0 heterocycles. The Morgan fingerprint density at radius 2 is 1.42 bits per heavy atom. The molecule has 0 saturated carbocycles. The fraction of sp³-hybridized carbons (Fsp3) is 0.778. The average molecular weight is 173 g/mol. The van der Waals surface area contributed by atoms with Crippen LogP contribution in [0.3, 0.4) is 0 Å². The molecule has 0 radical (unpaired) electrons. The zero-order valence-electron chi connectivity index (χ0n) is 8.82. The first kappa shape index (κ1) is 13.7. The van der Waals surface area contributed by atoms with Crippen molar-refractivity contribution in [3.05, 3.63) is 0 Å². The molecule has 0 aliphatic carbocycles. The molecule has 0 aromatic carbocycles. The Balaban J connectivity index is 0. The highest BCUT2D eigenvalue weighted by atomic mass is 16.2. The maximum Gasteiger partial charge on any atom is 0.231 e. The lowest BCUT2D eigenvalue weighted by Crippen LogP contribution is -2.37. The molecule has 12 heavy (non-hydrogen) atoms. The van der Waals surface area contributed by atoms with E-state index in [1.165, 1.54) is 6.92 Å². The van der Waals surface area contributed by atoms with E-state index < -0.39 is 5.41 Å². The number of carbonyl (C=O) groups is 2. The summed E-state index contributed by atoms with van der Waals surface area (Å²) in [6.07, 6.45) is 0. The number of nitrogens with one attached hydrogen (secondary N) is 1. The zero-order chi connectivity index (χ0) is 10.4. The van der Waals surface area contributed by atoms with E-state index in [0.29, 0.717) is 0 Å². The summed E-state index contributed by atoms with van der Waals surface area (Å²) in [6, 6.07) is 0. The van der Waals surface area contributed by atoms with Crippen molar-refractivity contribution in [2.24, 2.45) is 5.41 Å². The highest BCUT2D eigenvalue weighted by molar-refractivity contribution is 5.96. The smallest absolute Gasteiger partial charge is 0.231 e. The van der Waals surface area contributed by atoms with E-state index in [9.17, 15) is 9.59 Å². The third kappa shape index (κ3) is 7.25. The lowest BCUT2D eigenvalue weighted by molar-refractivity contribution is -0.134. The summed E-state index contributed by atoms with van der Waals surface area (Å²) < 4.78 is 0. The zero-order valence-corrected chi connectivity index (χ0v) is 8.82. The quantitative estimate of drug-likeness (QED) is 0.606. The fourth-order valence-corrected chi connectivity index (χ4v) is 0.347. The first-order chi connectivity index (χ1) is 5.34. The molecular weight excluding hydrogens is 154 g/mol. The minimum atomic E-state index is -0.480. The molecule has 0 spiro atoms. The Labute approximate surface area is 74.5 Å². The predicted octanol–water partition coefficient (Wildman–Crippen LogP) is 1.72. The first-order valence-electron chi connectivity index (χ1n) is 4.16. The number of imide groups is 1. The van der Waals surface area contributed by atoms with Gasteiger partial charge in [-0.3, -0.25) is 14.9 Å². The summed E-state index contributed by atoms with van der Waals surface area (Å²) in [5, 5.41) is 2.20. The van der Waals surface area contributed by atoms with Gasteiger partial charge in [-0.05, 0) is 0 Å². The predicted molar refractivity (Wildman–Crippen MR) is 49.6 cm³/mol. The van der Waals surface area contributed by atoms with Crippen LogP contribution in [0, 0.1) is 5.41 Å². The SMILES string of the molecule is CC.CC(=O)NC(=O)C(C)(C)C. The van der Waals surface area contributed by atoms with Crippen molar-refractivity contribution in [2.45, 2.75) is 41.5 Å². The van der Waals surface area contributed by atoms with Gasteiger partial charge in [0, 0.05) is 12.3 Å². The molecule has 0 aromatic heterocycles. The van der Waals surface area contributed by atoms with Crippen LogP contribution in [0.5, 0.6) is 0 Å². The van der Waals surface area contributed by atoms with Crippen LogP contribution < -0.4 is 5.32 Å². The molecule has 0 aromatic rings. The van der Waals surface area contributed by atoms with Gasteiger partial charge in [-0.15, -0.1) is 0 Å². The fourth-order valence-electron chi connectivity index (χ4n) is 0.347. The standard InChI is InChI=1S/C7H13NO2.C2H6/c1-5(9)8-6(10)7(2,3)4;1-2/h1-4H3,(H,8,9,10);1-2H3. The van der Waals surface area contributed by atoms with E-state index in [0.717, 1.165) is 0 Å². The van der Waals surface area contributed by atoms with Crippen LogP contribution in [0.2, 0.25) is 0 Å². The summed E-state index contributed by atoms with van der Waals surface area (Å²) in [4.78, 5) is 21.3. The van der Waals surface area contributed by atoms with Crippen molar-refractivity contribution in [3.63, 3.8) is 0 Å². The Morgan fingerprint density at radius 1 is 1.08 bits per heavy atom. The number of rotatable bonds is 0. The maximum absolute atomic E-state index is 10.9. The van der Waals surface area contributed by atoms with Gasteiger partial charge >= 0.3 is 0 Å². The minimum Gasteiger partial charge on any atom is -0.296 e. The van der Waals surface area contributed by atoms with E-state index in [-0.39, 0.29) is 11.8 Å². The third-order valence-corrected chi connectivity index (χ3v) is 0.971. The molecule has 0 unspecified atom stereocenters. The Morgan fingerprint density at radius 3 is 1.50 bits per heavy atom. The molecule has 0 bridgehead atoms. The van der Waals surface area contributed by atoms with Gasteiger partial charge in [-0.25, -0.2) is 0 Å². The molecule has 0 saturated heterocycles. The molecule has 0 atom stereocenters. The van der Waals surface area contributed by atoms with E-state index in [1.807, 2.05) is 13.8 Å². The van der Waals surface area contributed by atoms with Crippen LogP contribution in [0.15, 0.2) is 0 Å². The second-order valence-electron chi connectivity index (χ2n) is 3.26. The second kappa shape index (κ2) is 5.75. The monoisotopic (exact) mass is 173 g/mol. The van der Waals surface area contributed by atoms with Crippen molar-refractivity contribution in [1.82, 2.24) is 5.32 Å². The van der Waals surface area contributed by atoms with Crippen molar-refractivity contribution in [1.29, 1.82) is 0 Å². The molecule has 3 nitrogen and oxygen atoms in total. The Kier molecular flexibility index (Phi) is 6.57. The maximum atomic E-state index is 10.9. The van der Waals surface area contributed by atoms with Gasteiger partial charge < -0.3 is 0 Å². The molecule has 0 aliphatic heterocycles. The van der Waals surface area contributed by atoms with Crippen LogP contribution in [-0.2, 0) is 9.59 Å². The molecular formula is C9H19NO2. The summed E-state index contributed by atoms with van der Waals surface area (Å²) in [5.74, 6) is -0.542. The normalized spacial score (nSPS) is 9.50. The number of hydrogen-bond donors (Lipinski definition) is 1. The summed E-state index contributed by atoms with van der Waals surface area (Å²) in [5.41, 5.74) is -0.480. The second-order valence-corrected chi connectivity index (χ2v) is 3.26. The Hall–Kier alpha value is -0.860. The van der Waals surface area contributed by atoms with Gasteiger partial charge in [0.15, 0.2) is 0 Å². The van der Waals surface area contributed by atoms with E-state index >= 15 is 0 Å². The molecule has 3 heteroatoms. The minimum absolute atomic E-state index is 0.236. The van der Waals surface area contributed by atoms with Crippen molar-refractivity contribution < 1.29 is 9.59 Å². The third-order valence-electron chi connectivity index (χ3n) is 0.971. The molecule has 0 aliphatic rings. The summed E-state index contributed by atoms with van der Waals surface area (Å²) >= 11 is 0. The van der Waals surface area contributed by atoms with Crippen LogP contribution in [0.4, 0.5) is 0 Å². The molecule has 0 fully saturated rings. The van der Waals surface area contributed by atoms with Gasteiger partial charge in [0.25, 0.3) is 0 Å². The van der Waals surface area contributed by atoms with Crippen LogP contribution in [0.25, 0.3) is 0 Å². The molecule has 2 amide bonds. The topological polar surface area (TPSA) is 46.2 Å². The van der Waals surface area contributed by atoms with Crippen molar-refractivity contribution in [2.75, 3.05) is 0 Å². The van der Waals surface area contributed by atoms with Crippen LogP contribution in [-0.4, -0.2) is 11.8 Å². The first-order valence-corrected chi connectivity index (χ1v) is 4.16. The molecule has 72 valence electrons. The van der Waals surface area contributed by atoms with Gasteiger partial charge in [0.1, 0.15) is 0 Å². The van der Waals surface area contributed by atoms with E-state index in [1.54, 1.807) is 20.8 Å². The lowest BCUT2D eigenvalue weighted by atomic mass is 9.96. The molecule has 1 N–H and O–H groups in total. The molecule has 0 rings (SSSR count). The Bertz CT molecular complexity index is 156. The number of hydrogen-bond acceptors (Lipinski definition) is 2. The van der Waals surface area contributed by atoms with Crippen LogP contribution >= 0.6 is 0 Å². The van der Waals surface area contributed by atoms with Crippen molar-refractivity contribution >= 4 is 11.8 Å². The lowest BCUT2D eigenvalue weighted by Gasteiger charge is -2.15. The van der Waals surface area contributed by atoms with Crippen LogP contribution in [0.1, 0.15) is 41.5 Å². The van der Waals surface area contributed by atoms with Gasteiger partial charge in [0.05, 0.1) is 0 Å². The highest BCUT2D eigenvalue weighted by Crippen LogP contribution is 2.11. The van der Waals surface area contributed by atoms with Gasteiger partial charge in [0.2, 0.25) is 11.8 Å². The van der Waals surface area contributed by atoms with Crippen molar-refractivity contribution in [3.8, 4) is 0 Å². The van der Waals surface area contributed by atoms with E-state index in [2.05, 4.69) is 5.32 Å². The van der Waals surface area contributed by atoms with Gasteiger partial charge in [-0.1, -0.05) is 34.6 Å². The number of amides is 2. The van der Waals surface area contributed by atoms with E-state index in [4.69, 9.17) is 0 Å². The summed E-state index contributed by atoms with van der Waals surface area (Å²) in [6.45, 7) is 10.6. The average Bonchev–Trinajstić information content (AvgIpc) is 1.88. The highest BCUT2D eigenvalue weighted by Gasteiger charge is 2.21. The number of carbonyl (C=O) groups excluding carboxylic acids is 2. The summed E-state index contributed by atoms with van der Waals surface area (Å²) in [7, 11) is 0. The largest absolute Gasteiger partial charge is 0.296 e.